The molecule has 2 heterocycles. The lowest BCUT2D eigenvalue weighted by atomic mass is 9.80. The highest BCUT2D eigenvalue weighted by molar-refractivity contribution is 6.43. The van der Waals surface area contributed by atoms with Gasteiger partial charge in [-0.2, -0.15) is 0 Å². The number of halogens is 2. The molecule has 2 N–H and O–H groups in total. The molecule has 1 aromatic heterocycles. The molecule has 0 bridgehead atoms. The van der Waals surface area contributed by atoms with E-state index in [9.17, 15) is 4.79 Å². The van der Waals surface area contributed by atoms with Crippen molar-refractivity contribution in [2.24, 2.45) is 23.0 Å². The number of nitrogens with zero attached hydrogens (tertiary/aromatic N) is 3. The van der Waals surface area contributed by atoms with E-state index in [-0.39, 0.29) is 11.0 Å². The summed E-state index contributed by atoms with van der Waals surface area (Å²) >= 11 is 12.5. The molecule has 1 aliphatic carbocycles. The molecule has 4 rings (SSSR count). The number of benzene rings is 1. The predicted octanol–water partition coefficient (Wildman–Crippen LogP) is 4.36. The monoisotopic (exact) mass is 434 g/mol. The molecule has 0 radical (unpaired) electrons. The molecule has 2 aliphatic rings. The van der Waals surface area contributed by atoms with Crippen LogP contribution in [-0.2, 0) is 0 Å². The minimum atomic E-state index is -0.109. The van der Waals surface area contributed by atoms with Gasteiger partial charge in [0.25, 0.3) is 5.56 Å². The molecule has 3 atom stereocenters. The van der Waals surface area contributed by atoms with Gasteiger partial charge in [0.2, 0.25) is 0 Å². The Morgan fingerprint density at radius 2 is 2.07 bits per heavy atom. The van der Waals surface area contributed by atoms with Crippen LogP contribution < -0.4 is 16.2 Å². The molecule has 7 heteroatoms. The number of fused-ring (bicyclic) bond motifs is 1. The molecule has 1 saturated heterocycles. The number of hydrogen-bond acceptors (Lipinski definition) is 4. The summed E-state index contributed by atoms with van der Waals surface area (Å²) in [6.07, 6.45) is 3.61. The smallest absolute Gasteiger partial charge is 0.263 e. The lowest BCUT2D eigenvalue weighted by Crippen LogP contribution is -2.36. The van der Waals surface area contributed by atoms with E-state index in [0.29, 0.717) is 39.6 Å². The quantitative estimate of drug-likeness (QED) is 0.775. The van der Waals surface area contributed by atoms with E-state index in [1.807, 2.05) is 13.8 Å². The molecule has 2 aromatic rings. The Labute approximate surface area is 181 Å². The van der Waals surface area contributed by atoms with E-state index >= 15 is 0 Å². The zero-order valence-corrected chi connectivity index (χ0v) is 18.7. The van der Waals surface area contributed by atoms with Crippen LogP contribution in [0.2, 0.25) is 10.0 Å². The normalized spacial score (nSPS) is 26.2. The summed E-state index contributed by atoms with van der Waals surface area (Å²) in [5.74, 6) is 2.71. The van der Waals surface area contributed by atoms with Crippen molar-refractivity contribution in [3.63, 3.8) is 0 Å². The number of nitrogens with two attached hydrogens (primary N) is 1. The van der Waals surface area contributed by atoms with Crippen molar-refractivity contribution in [2.45, 2.75) is 40.0 Å². The summed E-state index contributed by atoms with van der Waals surface area (Å²) in [7, 11) is 0. The Balaban J connectivity index is 1.73. The van der Waals surface area contributed by atoms with Crippen molar-refractivity contribution in [3.8, 4) is 5.69 Å². The van der Waals surface area contributed by atoms with Crippen LogP contribution in [-0.4, -0.2) is 29.2 Å². The highest BCUT2D eigenvalue weighted by Gasteiger charge is 2.52. The fourth-order valence-corrected chi connectivity index (χ4v) is 5.77. The van der Waals surface area contributed by atoms with Gasteiger partial charge in [-0.15, -0.1) is 0 Å². The molecule has 0 spiro atoms. The molecule has 156 valence electrons. The first-order valence-corrected chi connectivity index (χ1v) is 11.1. The van der Waals surface area contributed by atoms with Gasteiger partial charge in [0.05, 0.1) is 21.3 Å². The molecular formula is C22H28Cl2N4O. The van der Waals surface area contributed by atoms with Gasteiger partial charge in [-0.3, -0.25) is 9.36 Å². The number of hydrogen-bond donors (Lipinski definition) is 1. The van der Waals surface area contributed by atoms with Crippen LogP contribution in [0.15, 0.2) is 23.0 Å². The van der Waals surface area contributed by atoms with Gasteiger partial charge in [-0.25, -0.2) is 4.98 Å². The number of aryl methyl sites for hydroxylation is 1. The molecule has 1 unspecified atom stereocenters. The van der Waals surface area contributed by atoms with Crippen molar-refractivity contribution in [1.82, 2.24) is 9.55 Å². The van der Waals surface area contributed by atoms with Gasteiger partial charge >= 0.3 is 0 Å². The minimum absolute atomic E-state index is 0.109. The summed E-state index contributed by atoms with van der Waals surface area (Å²) < 4.78 is 1.55. The topological polar surface area (TPSA) is 64.2 Å². The summed E-state index contributed by atoms with van der Waals surface area (Å²) in [5, 5.41) is 0.775. The van der Waals surface area contributed by atoms with Crippen molar-refractivity contribution < 1.29 is 0 Å². The van der Waals surface area contributed by atoms with Gasteiger partial charge in [-0.1, -0.05) is 42.6 Å². The lowest BCUT2D eigenvalue weighted by molar-refractivity contribution is 0.277. The van der Waals surface area contributed by atoms with Crippen molar-refractivity contribution in [2.75, 3.05) is 24.5 Å². The number of aromatic nitrogens is 2. The molecule has 1 aromatic carbocycles. The van der Waals surface area contributed by atoms with Crippen LogP contribution in [0.5, 0.6) is 0 Å². The Kier molecular flexibility index (Phi) is 5.43. The van der Waals surface area contributed by atoms with Crippen LogP contribution in [0, 0.1) is 31.1 Å². The van der Waals surface area contributed by atoms with Crippen molar-refractivity contribution in [1.29, 1.82) is 0 Å². The van der Waals surface area contributed by atoms with Crippen LogP contribution in [0.25, 0.3) is 5.69 Å². The summed E-state index contributed by atoms with van der Waals surface area (Å²) in [4.78, 5) is 20.4. The van der Waals surface area contributed by atoms with Gasteiger partial charge in [0.1, 0.15) is 11.6 Å². The Morgan fingerprint density at radius 3 is 2.72 bits per heavy atom. The molecule has 1 saturated carbocycles. The molecular weight excluding hydrogens is 407 g/mol. The van der Waals surface area contributed by atoms with Gasteiger partial charge in [0, 0.05) is 18.5 Å². The summed E-state index contributed by atoms with van der Waals surface area (Å²) in [5.41, 5.74) is 7.48. The van der Waals surface area contributed by atoms with E-state index in [1.165, 1.54) is 19.3 Å². The van der Waals surface area contributed by atoms with E-state index in [2.05, 4.69) is 11.8 Å². The SMILES string of the molecule is CCC1C[C@@H]2CN(c3nc(C)n(-c4cccc(Cl)c4Cl)c(=O)c3C)C[C@]2(CN)C1. The first-order valence-electron chi connectivity index (χ1n) is 10.3. The second kappa shape index (κ2) is 7.60. The average molecular weight is 435 g/mol. The van der Waals surface area contributed by atoms with Crippen LogP contribution >= 0.6 is 23.2 Å². The molecule has 29 heavy (non-hydrogen) atoms. The van der Waals surface area contributed by atoms with E-state index in [1.54, 1.807) is 22.8 Å². The van der Waals surface area contributed by atoms with Crippen molar-refractivity contribution in [3.05, 3.63) is 50.0 Å². The fraction of sp³-hybridized carbons (Fsp3) is 0.545. The molecule has 2 fully saturated rings. The predicted molar refractivity (Wildman–Crippen MR) is 120 cm³/mol. The van der Waals surface area contributed by atoms with E-state index in [4.69, 9.17) is 33.9 Å². The maximum Gasteiger partial charge on any atom is 0.263 e. The third kappa shape index (κ3) is 3.28. The van der Waals surface area contributed by atoms with E-state index < -0.39 is 0 Å². The van der Waals surface area contributed by atoms with Crippen molar-refractivity contribution >= 4 is 29.0 Å². The highest BCUT2D eigenvalue weighted by atomic mass is 35.5. The summed E-state index contributed by atoms with van der Waals surface area (Å²) in [6.45, 7) is 8.43. The third-order valence-electron chi connectivity index (χ3n) is 7.03. The summed E-state index contributed by atoms with van der Waals surface area (Å²) in [6, 6.07) is 5.29. The van der Waals surface area contributed by atoms with E-state index in [0.717, 1.165) is 24.8 Å². The average Bonchev–Trinajstić information content (AvgIpc) is 3.22. The fourth-order valence-electron chi connectivity index (χ4n) is 5.39. The van der Waals surface area contributed by atoms with Crippen LogP contribution in [0.4, 0.5) is 5.82 Å². The Morgan fingerprint density at radius 1 is 1.31 bits per heavy atom. The molecule has 0 amide bonds. The highest BCUT2D eigenvalue weighted by Crippen LogP contribution is 2.52. The maximum absolute atomic E-state index is 13.3. The number of rotatable bonds is 4. The Hall–Kier alpha value is -1.56. The second-order valence-corrected chi connectivity index (χ2v) is 9.46. The van der Waals surface area contributed by atoms with Crippen LogP contribution in [0.3, 0.4) is 0 Å². The standard InChI is InChI=1S/C22H28Cl2N4O/c1-4-15-8-16-10-27(12-22(16,9-15)11-25)20-13(2)21(29)28(14(3)26-20)18-7-5-6-17(23)19(18)24/h5-7,15-16H,4,8-12,25H2,1-3H3/t15?,16-,22-/m1/s1. The second-order valence-electron chi connectivity index (χ2n) is 8.68. The van der Waals surface area contributed by atoms with Crippen LogP contribution in [0.1, 0.15) is 37.6 Å². The first kappa shape index (κ1) is 20.7. The minimum Gasteiger partial charge on any atom is -0.355 e. The first-order chi connectivity index (χ1) is 13.8. The third-order valence-corrected chi connectivity index (χ3v) is 7.84. The van der Waals surface area contributed by atoms with Gasteiger partial charge in [-0.05, 0) is 57.2 Å². The van der Waals surface area contributed by atoms with Gasteiger partial charge in [0.15, 0.2) is 0 Å². The zero-order chi connectivity index (χ0) is 20.9. The number of anilines is 1. The maximum atomic E-state index is 13.3. The Bertz CT molecular complexity index is 1010. The zero-order valence-electron chi connectivity index (χ0n) is 17.2. The molecule has 1 aliphatic heterocycles. The largest absolute Gasteiger partial charge is 0.355 e. The lowest BCUT2D eigenvalue weighted by Gasteiger charge is -2.28. The molecule has 5 nitrogen and oxygen atoms in total. The van der Waals surface area contributed by atoms with Gasteiger partial charge < -0.3 is 10.6 Å².